The Bertz CT molecular complexity index is 824. The highest BCUT2D eigenvalue weighted by Gasteiger charge is 2.21. The number of fused-ring (bicyclic) bond motifs is 1. The van der Waals surface area contributed by atoms with E-state index in [4.69, 9.17) is 10.00 Å². The molecule has 20 heavy (non-hydrogen) atoms. The third-order valence-corrected chi connectivity index (χ3v) is 2.98. The Balaban J connectivity index is 2.21. The Morgan fingerprint density at radius 2 is 2.15 bits per heavy atom. The second-order valence-electron chi connectivity index (χ2n) is 4.15. The molecule has 0 radical (unpaired) electrons. The summed E-state index contributed by atoms with van der Waals surface area (Å²) in [6, 6.07) is 11.5. The number of nitriles is 1. The van der Waals surface area contributed by atoms with Crippen molar-refractivity contribution >= 4 is 11.6 Å². The summed E-state index contributed by atoms with van der Waals surface area (Å²) in [5.41, 5.74) is 1.68. The van der Waals surface area contributed by atoms with Crippen LogP contribution in [0.1, 0.15) is 15.9 Å². The van der Waals surface area contributed by atoms with Crippen molar-refractivity contribution in [2.24, 2.45) is 0 Å². The molecule has 0 saturated carbocycles. The van der Waals surface area contributed by atoms with Crippen LogP contribution in [0.4, 0.5) is 0 Å². The minimum Gasteiger partial charge on any atom is -0.465 e. The Morgan fingerprint density at radius 3 is 2.80 bits per heavy atom. The first kappa shape index (κ1) is 12.0. The third-order valence-electron chi connectivity index (χ3n) is 2.98. The average molecular weight is 266 g/mol. The predicted octanol–water partition coefficient (Wildman–Crippen LogP) is 1.99. The van der Waals surface area contributed by atoms with E-state index in [0.29, 0.717) is 11.5 Å². The molecule has 98 valence electrons. The summed E-state index contributed by atoms with van der Waals surface area (Å²) in [5, 5.41) is 12.1. The lowest BCUT2D eigenvalue weighted by atomic mass is 10.2. The monoisotopic (exact) mass is 266 g/mol. The highest BCUT2D eigenvalue weighted by molar-refractivity contribution is 5.99. The van der Waals surface area contributed by atoms with Crippen LogP contribution in [0.15, 0.2) is 36.5 Å². The molecule has 0 fully saturated rings. The van der Waals surface area contributed by atoms with E-state index in [1.807, 2.05) is 36.4 Å². The number of esters is 1. The fourth-order valence-corrected chi connectivity index (χ4v) is 2.05. The smallest absolute Gasteiger partial charge is 0.343 e. The Kier molecular flexibility index (Phi) is 2.73. The molecule has 2 heterocycles. The number of benzene rings is 1. The van der Waals surface area contributed by atoms with Gasteiger partial charge in [-0.2, -0.15) is 5.26 Å². The van der Waals surface area contributed by atoms with Crippen LogP contribution in [0.2, 0.25) is 0 Å². The fourth-order valence-electron chi connectivity index (χ4n) is 2.05. The number of methoxy groups -OCH3 is 1. The van der Waals surface area contributed by atoms with Gasteiger partial charge in [0.1, 0.15) is 11.6 Å². The van der Waals surface area contributed by atoms with Crippen molar-refractivity contribution in [2.45, 2.75) is 0 Å². The van der Waals surface area contributed by atoms with Crippen molar-refractivity contribution in [2.75, 3.05) is 7.11 Å². The van der Waals surface area contributed by atoms with Crippen molar-refractivity contribution in [1.29, 1.82) is 5.26 Å². The van der Waals surface area contributed by atoms with Gasteiger partial charge >= 0.3 is 5.97 Å². The summed E-state index contributed by atoms with van der Waals surface area (Å²) in [6.07, 6.45) is 1.53. The number of hydrogen-bond acceptors (Lipinski definition) is 4. The van der Waals surface area contributed by atoms with E-state index in [-0.39, 0.29) is 11.1 Å². The maximum atomic E-state index is 11.8. The highest BCUT2D eigenvalue weighted by Crippen LogP contribution is 2.21. The number of ether oxygens (including phenoxy) is 1. The molecule has 6 nitrogen and oxygen atoms in total. The van der Waals surface area contributed by atoms with Crippen molar-refractivity contribution in [3.8, 4) is 17.5 Å². The molecule has 0 unspecified atom stereocenters. The van der Waals surface area contributed by atoms with E-state index in [2.05, 4.69) is 10.1 Å². The van der Waals surface area contributed by atoms with Crippen molar-refractivity contribution in [3.63, 3.8) is 0 Å². The maximum Gasteiger partial charge on any atom is 0.343 e. The maximum absolute atomic E-state index is 11.8. The number of rotatable bonds is 2. The standard InChI is InChI=1S/C14H10N4O2/c1-20-14(19)11-10(7-15)8-18-13(11)16-12(17-18)9-5-3-2-4-6-9/h2-6,8H,1H3,(H,16,17). The first-order chi connectivity index (χ1) is 9.74. The van der Waals surface area contributed by atoms with Gasteiger partial charge in [0.05, 0.1) is 12.7 Å². The lowest BCUT2D eigenvalue weighted by molar-refractivity contribution is 0.0602. The van der Waals surface area contributed by atoms with Gasteiger partial charge in [-0.15, -0.1) is 0 Å². The molecule has 0 aliphatic rings. The zero-order valence-electron chi connectivity index (χ0n) is 10.6. The zero-order chi connectivity index (χ0) is 14.1. The largest absolute Gasteiger partial charge is 0.465 e. The Hall–Kier alpha value is -3.07. The summed E-state index contributed by atoms with van der Waals surface area (Å²) in [5.74, 6) is 0.0467. The van der Waals surface area contributed by atoms with Gasteiger partial charge in [0.25, 0.3) is 0 Å². The van der Waals surface area contributed by atoms with Gasteiger partial charge in [0, 0.05) is 11.8 Å². The number of carbonyl (C=O) groups excluding carboxylic acids is 1. The summed E-state index contributed by atoms with van der Waals surface area (Å²) >= 11 is 0. The molecular formula is C14H10N4O2. The number of aromatic nitrogens is 3. The first-order valence-corrected chi connectivity index (χ1v) is 5.89. The fraction of sp³-hybridized carbons (Fsp3) is 0.0714. The van der Waals surface area contributed by atoms with E-state index in [1.165, 1.54) is 13.3 Å². The van der Waals surface area contributed by atoms with Crippen LogP contribution in [0.5, 0.6) is 0 Å². The Labute approximate surface area is 114 Å². The number of H-pyrrole nitrogens is 1. The number of nitrogens with zero attached hydrogens (tertiary/aromatic N) is 3. The SMILES string of the molecule is COC(=O)c1c(C#N)cn2[nH]c(-c3ccccc3)nc12. The Morgan fingerprint density at radius 1 is 1.40 bits per heavy atom. The molecule has 0 spiro atoms. The van der Waals surface area contributed by atoms with Crippen molar-refractivity contribution in [1.82, 2.24) is 14.6 Å². The normalized spacial score (nSPS) is 10.4. The minimum absolute atomic E-state index is 0.174. The van der Waals surface area contributed by atoms with E-state index in [9.17, 15) is 4.79 Å². The van der Waals surface area contributed by atoms with Gasteiger partial charge in [-0.3, -0.25) is 5.10 Å². The highest BCUT2D eigenvalue weighted by atomic mass is 16.5. The molecule has 6 heteroatoms. The lowest BCUT2D eigenvalue weighted by Gasteiger charge is -1.96. The first-order valence-electron chi connectivity index (χ1n) is 5.89. The van der Waals surface area contributed by atoms with Crippen LogP contribution in [-0.2, 0) is 4.74 Å². The summed E-state index contributed by atoms with van der Waals surface area (Å²) < 4.78 is 6.25. The van der Waals surface area contributed by atoms with Crippen LogP contribution in [-0.4, -0.2) is 27.7 Å². The molecule has 2 aromatic heterocycles. The zero-order valence-corrected chi connectivity index (χ0v) is 10.6. The van der Waals surface area contributed by atoms with Gasteiger partial charge in [-0.1, -0.05) is 30.3 Å². The molecular weight excluding hydrogens is 256 g/mol. The number of aromatic amines is 1. The van der Waals surface area contributed by atoms with Gasteiger partial charge in [-0.25, -0.2) is 14.3 Å². The van der Waals surface area contributed by atoms with E-state index < -0.39 is 5.97 Å². The van der Waals surface area contributed by atoms with Crippen molar-refractivity contribution in [3.05, 3.63) is 47.7 Å². The van der Waals surface area contributed by atoms with Crippen molar-refractivity contribution < 1.29 is 9.53 Å². The second-order valence-corrected chi connectivity index (χ2v) is 4.15. The molecule has 3 rings (SSSR count). The van der Waals surface area contributed by atoms with Gasteiger partial charge in [-0.05, 0) is 0 Å². The molecule has 0 bridgehead atoms. The average Bonchev–Trinajstić information content (AvgIpc) is 3.04. The lowest BCUT2D eigenvalue weighted by Crippen LogP contribution is -2.02. The molecule has 3 aromatic rings. The van der Waals surface area contributed by atoms with Gasteiger partial charge in [0.2, 0.25) is 0 Å². The van der Waals surface area contributed by atoms with Crippen LogP contribution in [0.3, 0.4) is 0 Å². The van der Waals surface area contributed by atoms with Gasteiger partial charge in [0.15, 0.2) is 11.5 Å². The van der Waals surface area contributed by atoms with Gasteiger partial charge < -0.3 is 4.74 Å². The molecule has 1 N–H and O–H groups in total. The molecule has 0 saturated heterocycles. The van der Waals surface area contributed by atoms with Crippen LogP contribution >= 0.6 is 0 Å². The van der Waals surface area contributed by atoms with Crippen LogP contribution in [0, 0.1) is 11.3 Å². The third kappa shape index (κ3) is 1.73. The molecule has 1 aromatic carbocycles. The summed E-state index contributed by atoms with van der Waals surface area (Å²) in [7, 11) is 1.28. The molecule has 0 amide bonds. The quantitative estimate of drug-likeness (QED) is 0.719. The summed E-state index contributed by atoms with van der Waals surface area (Å²) in [4.78, 5) is 16.1. The predicted molar refractivity (Wildman–Crippen MR) is 71.0 cm³/mol. The summed E-state index contributed by atoms with van der Waals surface area (Å²) in [6.45, 7) is 0. The molecule has 0 aliphatic carbocycles. The van der Waals surface area contributed by atoms with E-state index in [1.54, 1.807) is 4.52 Å². The van der Waals surface area contributed by atoms with Crippen LogP contribution < -0.4 is 0 Å². The van der Waals surface area contributed by atoms with E-state index >= 15 is 0 Å². The number of hydrogen-bond donors (Lipinski definition) is 1. The molecule has 0 atom stereocenters. The minimum atomic E-state index is -0.574. The topological polar surface area (TPSA) is 83.2 Å². The van der Waals surface area contributed by atoms with E-state index in [0.717, 1.165) is 5.56 Å². The second kappa shape index (κ2) is 4.55. The van der Waals surface area contributed by atoms with Crippen LogP contribution in [0.25, 0.3) is 17.0 Å². The number of carbonyl (C=O) groups is 1. The molecule has 0 aliphatic heterocycles. The number of nitrogens with one attached hydrogen (secondary N) is 1.